The molecule has 0 aromatic carbocycles. The molecule has 0 unspecified atom stereocenters. The lowest BCUT2D eigenvalue weighted by Gasteiger charge is -2.03. The van der Waals surface area contributed by atoms with Gasteiger partial charge in [0.2, 0.25) is 0 Å². The Morgan fingerprint density at radius 3 is 2.80 bits per heavy atom. The van der Waals surface area contributed by atoms with Crippen LogP contribution in [0.5, 0.6) is 0 Å². The second-order valence-corrected chi connectivity index (χ2v) is 4.27. The van der Waals surface area contributed by atoms with E-state index in [0.717, 1.165) is 17.7 Å². The average Bonchev–Trinajstić information content (AvgIpc) is 2.41. The molecule has 1 aromatic rings. The molecule has 1 heterocycles. The zero-order chi connectivity index (χ0) is 11.4. The molecule has 15 heavy (non-hydrogen) atoms. The predicted octanol–water partition coefficient (Wildman–Crippen LogP) is 1.64. The molecule has 4 heteroatoms. The molecule has 0 aliphatic heterocycles. The van der Waals surface area contributed by atoms with E-state index in [1.807, 2.05) is 13.2 Å². The molecule has 0 saturated carbocycles. The summed E-state index contributed by atoms with van der Waals surface area (Å²) >= 11 is 0. The number of hydrogen-bond donors (Lipinski definition) is 1. The topological polar surface area (TPSA) is 55.1 Å². The third-order valence-electron chi connectivity index (χ3n) is 2.20. The third kappa shape index (κ3) is 3.73. The van der Waals surface area contributed by atoms with Crippen LogP contribution in [0.2, 0.25) is 0 Å². The smallest absolute Gasteiger partial charge is 0.303 e. The van der Waals surface area contributed by atoms with E-state index < -0.39 is 5.97 Å². The zero-order valence-corrected chi connectivity index (χ0v) is 9.53. The minimum atomic E-state index is -0.755. The van der Waals surface area contributed by atoms with Gasteiger partial charge < -0.3 is 5.11 Å². The van der Waals surface area contributed by atoms with Gasteiger partial charge in [-0.25, -0.2) is 0 Å². The van der Waals surface area contributed by atoms with E-state index in [2.05, 4.69) is 18.9 Å². The standard InChI is InChI=1S/C11H18N2O2/c1-8(2)6-10-9(4-5-11(14)15)7-13(3)12-10/h7-8H,4-6H2,1-3H3,(H,14,15). The SMILES string of the molecule is CC(C)Cc1nn(C)cc1CCC(=O)O. The fraction of sp³-hybridized carbons (Fsp3) is 0.636. The summed E-state index contributed by atoms with van der Waals surface area (Å²) in [5.41, 5.74) is 2.10. The van der Waals surface area contributed by atoms with Gasteiger partial charge in [-0.05, 0) is 24.3 Å². The Morgan fingerprint density at radius 2 is 2.27 bits per heavy atom. The van der Waals surface area contributed by atoms with Gasteiger partial charge in [0.1, 0.15) is 0 Å². The molecule has 0 saturated heterocycles. The van der Waals surface area contributed by atoms with E-state index in [-0.39, 0.29) is 6.42 Å². The van der Waals surface area contributed by atoms with Crippen LogP contribution in [0.4, 0.5) is 0 Å². The van der Waals surface area contributed by atoms with Gasteiger partial charge in [-0.1, -0.05) is 13.8 Å². The minimum absolute atomic E-state index is 0.177. The lowest BCUT2D eigenvalue weighted by molar-refractivity contribution is -0.136. The van der Waals surface area contributed by atoms with E-state index in [1.54, 1.807) is 4.68 Å². The lowest BCUT2D eigenvalue weighted by atomic mass is 10.0. The molecule has 0 atom stereocenters. The van der Waals surface area contributed by atoms with E-state index in [1.165, 1.54) is 0 Å². The highest BCUT2D eigenvalue weighted by Crippen LogP contribution is 2.13. The first-order valence-electron chi connectivity index (χ1n) is 5.22. The van der Waals surface area contributed by atoms with Gasteiger partial charge >= 0.3 is 5.97 Å². The first-order valence-corrected chi connectivity index (χ1v) is 5.22. The molecule has 1 aromatic heterocycles. The van der Waals surface area contributed by atoms with E-state index >= 15 is 0 Å². The maximum Gasteiger partial charge on any atom is 0.303 e. The van der Waals surface area contributed by atoms with Gasteiger partial charge in [-0.2, -0.15) is 5.10 Å². The van der Waals surface area contributed by atoms with Crippen molar-refractivity contribution in [3.05, 3.63) is 17.5 Å². The van der Waals surface area contributed by atoms with Crippen molar-refractivity contribution < 1.29 is 9.90 Å². The Bertz CT molecular complexity index is 342. The molecular formula is C11H18N2O2. The highest BCUT2D eigenvalue weighted by Gasteiger charge is 2.10. The predicted molar refractivity (Wildman–Crippen MR) is 57.7 cm³/mol. The maximum absolute atomic E-state index is 10.5. The third-order valence-corrected chi connectivity index (χ3v) is 2.20. The molecule has 0 aliphatic rings. The number of aliphatic carboxylic acids is 1. The number of rotatable bonds is 5. The van der Waals surface area contributed by atoms with Crippen molar-refractivity contribution >= 4 is 5.97 Å². The molecule has 4 nitrogen and oxygen atoms in total. The summed E-state index contributed by atoms with van der Waals surface area (Å²) in [6, 6.07) is 0. The maximum atomic E-state index is 10.5. The van der Waals surface area contributed by atoms with Crippen molar-refractivity contribution in [1.29, 1.82) is 0 Å². The fourth-order valence-electron chi connectivity index (χ4n) is 1.59. The largest absolute Gasteiger partial charge is 0.481 e. The molecule has 84 valence electrons. The first kappa shape index (κ1) is 11.8. The average molecular weight is 210 g/mol. The van der Waals surface area contributed by atoms with E-state index in [9.17, 15) is 4.79 Å². The van der Waals surface area contributed by atoms with Gasteiger partial charge in [-0.3, -0.25) is 9.48 Å². The van der Waals surface area contributed by atoms with Gasteiger partial charge in [0.05, 0.1) is 5.69 Å². The van der Waals surface area contributed by atoms with E-state index in [4.69, 9.17) is 5.11 Å². The monoisotopic (exact) mass is 210 g/mol. The van der Waals surface area contributed by atoms with Crippen LogP contribution >= 0.6 is 0 Å². The minimum Gasteiger partial charge on any atom is -0.481 e. The van der Waals surface area contributed by atoms with Crippen LogP contribution < -0.4 is 0 Å². The number of carbonyl (C=O) groups is 1. The highest BCUT2D eigenvalue weighted by molar-refractivity contribution is 5.67. The van der Waals surface area contributed by atoms with Crippen LogP contribution in [0.25, 0.3) is 0 Å². The summed E-state index contributed by atoms with van der Waals surface area (Å²) in [5, 5.41) is 13.0. The summed E-state index contributed by atoms with van der Waals surface area (Å²) in [5.74, 6) is -0.210. The number of aromatic nitrogens is 2. The van der Waals surface area contributed by atoms with Gasteiger partial charge in [-0.15, -0.1) is 0 Å². The Morgan fingerprint density at radius 1 is 1.60 bits per heavy atom. The van der Waals surface area contributed by atoms with Gasteiger partial charge in [0, 0.05) is 19.7 Å². The van der Waals surface area contributed by atoms with Crippen LogP contribution in [0, 0.1) is 5.92 Å². The molecule has 0 aliphatic carbocycles. The molecule has 1 N–H and O–H groups in total. The number of carboxylic acid groups (broad SMARTS) is 1. The van der Waals surface area contributed by atoms with E-state index in [0.29, 0.717) is 12.3 Å². The number of aryl methyl sites for hydroxylation is 2. The lowest BCUT2D eigenvalue weighted by Crippen LogP contribution is -2.02. The van der Waals surface area contributed by atoms with Crippen molar-refractivity contribution in [3.63, 3.8) is 0 Å². The normalized spacial score (nSPS) is 10.9. The van der Waals surface area contributed by atoms with Crippen LogP contribution in [0.15, 0.2) is 6.20 Å². The van der Waals surface area contributed by atoms with Crippen molar-refractivity contribution in [1.82, 2.24) is 9.78 Å². The number of carboxylic acids is 1. The molecule has 0 spiro atoms. The highest BCUT2D eigenvalue weighted by atomic mass is 16.4. The first-order chi connectivity index (χ1) is 6.99. The Kier molecular flexibility index (Phi) is 3.88. The Balaban J connectivity index is 2.72. The molecule has 0 fully saturated rings. The molecule has 0 radical (unpaired) electrons. The van der Waals surface area contributed by atoms with Gasteiger partial charge in [0.25, 0.3) is 0 Å². The van der Waals surface area contributed by atoms with Crippen molar-refractivity contribution in [2.45, 2.75) is 33.1 Å². The van der Waals surface area contributed by atoms with Crippen LogP contribution in [0.1, 0.15) is 31.5 Å². The molecular weight excluding hydrogens is 192 g/mol. The summed E-state index contributed by atoms with van der Waals surface area (Å²) in [4.78, 5) is 10.5. The fourth-order valence-corrected chi connectivity index (χ4v) is 1.59. The van der Waals surface area contributed by atoms with Crippen molar-refractivity contribution in [3.8, 4) is 0 Å². The molecule has 0 amide bonds. The summed E-state index contributed by atoms with van der Waals surface area (Å²) in [6.07, 6.45) is 3.58. The Labute approximate surface area is 89.9 Å². The number of nitrogens with zero attached hydrogens (tertiary/aromatic N) is 2. The summed E-state index contributed by atoms with van der Waals surface area (Å²) in [6.45, 7) is 4.27. The second-order valence-electron chi connectivity index (χ2n) is 4.27. The van der Waals surface area contributed by atoms with Crippen LogP contribution in [-0.4, -0.2) is 20.9 Å². The van der Waals surface area contributed by atoms with Crippen molar-refractivity contribution in [2.24, 2.45) is 13.0 Å². The summed E-state index contributed by atoms with van der Waals surface area (Å²) < 4.78 is 1.76. The Hall–Kier alpha value is -1.32. The number of hydrogen-bond acceptors (Lipinski definition) is 2. The van der Waals surface area contributed by atoms with Gasteiger partial charge in [0.15, 0.2) is 0 Å². The second kappa shape index (κ2) is 4.96. The summed E-state index contributed by atoms with van der Waals surface area (Å²) in [7, 11) is 1.87. The van der Waals surface area contributed by atoms with Crippen molar-refractivity contribution in [2.75, 3.05) is 0 Å². The molecule has 0 bridgehead atoms. The zero-order valence-electron chi connectivity index (χ0n) is 9.53. The quantitative estimate of drug-likeness (QED) is 0.803. The van der Waals surface area contributed by atoms with Crippen LogP contribution in [-0.2, 0) is 24.7 Å². The molecule has 1 rings (SSSR count). The van der Waals surface area contributed by atoms with Crippen LogP contribution in [0.3, 0.4) is 0 Å².